The van der Waals surface area contributed by atoms with E-state index in [0.29, 0.717) is 17.1 Å². The molecule has 182 valence electrons. The van der Waals surface area contributed by atoms with Gasteiger partial charge in [0.25, 0.3) is 5.91 Å². The molecule has 1 saturated heterocycles. The van der Waals surface area contributed by atoms with Gasteiger partial charge in [0.15, 0.2) is 0 Å². The molecule has 8 heteroatoms. The van der Waals surface area contributed by atoms with Gasteiger partial charge in [0.1, 0.15) is 6.04 Å². The van der Waals surface area contributed by atoms with Crippen molar-refractivity contribution in [2.24, 2.45) is 5.92 Å². The second-order valence-corrected chi connectivity index (χ2v) is 9.25. The van der Waals surface area contributed by atoms with Gasteiger partial charge in [0, 0.05) is 35.4 Å². The molecule has 3 amide bonds. The van der Waals surface area contributed by atoms with Crippen molar-refractivity contribution in [1.29, 1.82) is 0 Å². The Kier molecular flexibility index (Phi) is 9.48. The maximum atomic E-state index is 13.1. The van der Waals surface area contributed by atoms with Gasteiger partial charge in [-0.15, -0.1) is 0 Å². The number of rotatable bonds is 9. The number of piperidine rings is 1. The first kappa shape index (κ1) is 25.7. The van der Waals surface area contributed by atoms with E-state index in [-0.39, 0.29) is 29.7 Å². The summed E-state index contributed by atoms with van der Waals surface area (Å²) in [6.07, 6.45) is 2.26. The fourth-order valence-corrected chi connectivity index (χ4v) is 4.11. The second kappa shape index (κ2) is 12.5. The average molecular weight is 485 g/mol. The van der Waals surface area contributed by atoms with Gasteiger partial charge in [0.05, 0.1) is 6.54 Å². The molecule has 1 aliphatic heterocycles. The first-order chi connectivity index (χ1) is 16.4. The van der Waals surface area contributed by atoms with Gasteiger partial charge in [-0.25, -0.2) is 0 Å². The molecule has 2 aromatic rings. The van der Waals surface area contributed by atoms with Crippen molar-refractivity contribution in [2.45, 2.75) is 45.2 Å². The topological polar surface area (TPSA) is 90.5 Å². The Bertz CT molecular complexity index is 960. The average Bonchev–Trinajstić information content (AvgIpc) is 2.84. The third kappa shape index (κ3) is 7.57. The highest BCUT2D eigenvalue weighted by molar-refractivity contribution is 6.30. The standard InChI is InChI=1S/C26H33ClN4O3/c1-3-18(2)24(30-25(33)19-9-11-20(27)12-10-19)26(34)29-22-13-15-31(16-14-22)17-23(32)28-21-7-5-4-6-8-21/h4-12,18,22,24H,3,13-17H2,1-2H3,(H,28,32)(H,29,34)(H,30,33). The molecule has 2 unspecified atom stereocenters. The van der Waals surface area contributed by atoms with Gasteiger partial charge >= 0.3 is 0 Å². The molecule has 7 nitrogen and oxygen atoms in total. The molecule has 0 radical (unpaired) electrons. The van der Waals surface area contributed by atoms with Crippen LogP contribution < -0.4 is 16.0 Å². The Balaban J connectivity index is 1.48. The lowest BCUT2D eigenvalue weighted by Gasteiger charge is -2.33. The first-order valence-electron chi connectivity index (χ1n) is 11.8. The lowest BCUT2D eigenvalue weighted by molar-refractivity contribution is -0.125. The molecule has 2 atom stereocenters. The van der Waals surface area contributed by atoms with E-state index in [9.17, 15) is 14.4 Å². The molecule has 34 heavy (non-hydrogen) atoms. The fraction of sp³-hybridized carbons (Fsp3) is 0.423. The van der Waals surface area contributed by atoms with Crippen LogP contribution in [0.2, 0.25) is 5.02 Å². The number of nitrogens with zero attached hydrogens (tertiary/aromatic N) is 1. The molecule has 1 aliphatic rings. The van der Waals surface area contributed by atoms with E-state index in [1.165, 1.54) is 0 Å². The number of benzene rings is 2. The van der Waals surface area contributed by atoms with Crippen LogP contribution >= 0.6 is 11.6 Å². The Morgan fingerprint density at radius 1 is 1.03 bits per heavy atom. The summed E-state index contributed by atoms with van der Waals surface area (Å²) in [5.74, 6) is -0.526. The summed E-state index contributed by atoms with van der Waals surface area (Å²) >= 11 is 5.91. The third-order valence-corrected chi connectivity index (χ3v) is 6.50. The highest BCUT2D eigenvalue weighted by Gasteiger charge is 2.29. The Labute approximate surface area is 206 Å². The van der Waals surface area contributed by atoms with Crippen LogP contribution in [0.3, 0.4) is 0 Å². The zero-order chi connectivity index (χ0) is 24.5. The van der Waals surface area contributed by atoms with E-state index in [2.05, 4.69) is 20.9 Å². The molecule has 2 aromatic carbocycles. The third-order valence-electron chi connectivity index (χ3n) is 6.25. The van der Waals surface area contributed by atoms with Crippen LogP contribution in [-0.2, 0) is 9.59 Å². The van der Waals surface area contributed by atoms with Crippen molar-refractivity contribution < 1.29 is 14.4 Å². The normalized spacial score (nSPS) is 16.3. The van der Waals surface area contributed by atoms with Crippen molar-refractivity contribution in [3.05, 3.63) is 65.2 Å². The molecule has 0 bridgehead atoms. The van der Waals surface area contributed by atoms with Crippen LogP contribution in [0.4, 0.5) is 5.69 Å². The number of hydrogen-bond donors (Lipinski definition) is 3. The zero-order valence-corrected chi connectivity index (χ0v) is 20.5. The van der Waals surface area contributed by atoms with Crippen LogP contribution in [0.5, 0.6) is 0 Å². The van der Waals surface area contributed by atoms with Gasteiger partial charge in [0.2, 0.25) is 11.8 Å². The van der Waals surface area contributed by atoms with Crippen LogP contribution in [0.15, 0.2) is 54.6 Å². The molecular formula is C26H33ClN4O3. The van der Waals surface area contributed by atoms with Gasteiger partial charge in [-0.1, -0.05) is 50.1 Å². The van der Waals surface area contributed by atoms with E-state index < -0.39 is 6.04 Å². The first-order valence-corrected chi connectivity index (χ1v) is 12.2. The SMILES string of the molecule is CCC(C)C(NC(=O)c1ccc(Cl)cc1)C(=O)NC1CCN(CC(=O)Nc2ccccc2)CC1. The predicted octanol–water partition coefficient (Wildman–Crippen LogP) is 3.70. The van der Waals surface area contributed by atoms with Gasteiger partial charge in [-0.3, -0.25) is 19.3 Å². The summed E-state index contributed by atoms with van der Waals surface area (Å²) < 4.78 is 0. The number of hydrogen-bond acceptors (Lipinski definition) is 4. The number of carbonyl (C=O) groups is 3. The van der Waals surface area contributed by atoms with E-state index in [4.69, 9.17) is 11.6 Å². The van der Waals surface area contributed by atoms with E-state index in [0.717, 1.165) is 38.0 Å². The molecule has 0 spiro atoms. The molecule has 3 rings (SSSR count). The van der Waals surface area contributed by atoms with Crippen LogP contribution in [-0.4, -0.2) is 54.3 Å². The Morgan fingerprint density at radius 2 is 1.68 bits per heavy atom. The summed E-state index contributed by atoms with van der Waals surface area (Å²) in [6.45, 7) is 5.72. The van der Waals surface area contributed by atoms with Crippen molar-refractivity contribution >= 4 is 35.0 Å². The minimum atomic E-state index is -0.622. The van der Waals surface area contributed by atoms with Crippen LogP contribution in [0, 0.1) is 5.92 Å². The number of para-hydroxylation sites is 1. The maximum absolute atomic E-state index is 13.1. The predicted molar refractivity (Wildman–Crippen MR) is 135 cm³/mol. The smallest absolute Gasteiger partial charge is 0.251 e. The maximum Gasteiger partial charge on any atom is 0.251 e. The quantitative estimate of drug-likeness (QED) is 0.506. The molecule has 0 aliphatic carbocycles. The Hall–Kier alpha value is -2.90. The van der Waals surface area contributed by atoms with Gasteiger partial charge < -0.3 is 16.0 Å². The van der Waals surface area contributed by atoms with E-state index in [1.54, 1.807) is 24.3 Å². The van der Waals surface area contributed by atoms with Crippen molar-refractivity contribution in [2.75, 3.05) is 25.0 Å². The highest BCUT2D eigenvalue weighted by Crippen LogP contribution is 2.15. The summed E-state index contributed by atoms with van der Waals surface area (Å²) in [4.78, 5) is 40.2. The van der Waals surface area contributed by atoms with Crippen molar-refractivity contribution in [3.8, 4) is 0 Å². The summed E-state index contributed by atoms with van der Waals surface area (Å²) in [5.41, 5.74) is 1.25. The molecule has 1 fully saturated rings. The number of amides is 3. The number of halogens is 1. The van der Waals surface area contributed by atoms with E-state index in [1.807, 2.05) is 44.2 Å². The number of carbonyl (C=O) groups excluding carboxylic acids is 3. The van der Waals surface area contributed by atoms with Crippen LogP contribution in [0.25, 0.3) is 0 Å². The van der Waals surface area contributed by atoms with Crippen molar-refractivity contribution in [1.82, 2.24) is 15.5 Å². The summed E-state index contributed by atoms with van der Waals surface area (Å²) in [7, 11) is 0. The second-order valence-electron chi connectivity index (χ2n) is 8.82. The Morgan fingerprint density at radius 3 is 2.29 bits per heavy atom. The molecular weight excluding hydrogens is 452 g/mol. The molecule has 0 aromatic heterocycles. The van der Waals surface area contributed by atoms with Crippen LogP contribution in [0.1, 0.15) is 43.5 Å². The lowest BCUT2D eigenvalue weighted by atomic mass is 9.96. The van der Waals surface area contributed by atoms with Gasteiger partial charge in [-0.2, -0.15) is 0 Å². The minimum absolute atomic E-state index is 0.0138. The largest absolute Gasteiger partial charge is 0.351 e. The summed E-state index contributed by atoms with van der Waals surface area (Å²) in [5, 5.41) is 9.46. The van der Waals surface area contributed by atoms with E-state index >= 15 is 0 Å². The number of anilines is 1. The minimum Gasteiger partial charge on any atom is -0.351 e. The molecule has 0 saturated carbocycles. The van der Waals surface area contributed by atoms with Gasteiger partial charge in [-0.05, 0) is 55.2 Å². The van der Waals surface area contributed by atoms with Crippen molar-refractivity contribution in [3.63, 3.8) is 0 Å². The lowest BCUT2D eigenvalue weighted by Crippen LogP contribution is -2.54. The monoisotopic (exact) mass is 484 g/mol. The number of nitrogens with one attached hydrogen (secondary N) is 3. The molecule has 1 heterocycles. The summed E-state index contributed by atoms with van der Waals surface area (Å²) in [6, 6.07) is 15.4. The zero-order valence-electron chi connectivity index (χ0n) is 19.7. The fourth-order valence-electron chi connectivity index (χ4n) is 3.98. The number of likely N-dealkylation sites (tertiary alicyclic amines) is 1. The molecule has 3 N–H and O–H groups in total. The highest BCUT2D eigenvalue weighted by atomic mass is 35.5.